The molecule has 1 aliphatic carbocycles. The highest BCUT2D eigenvalue weighted by atomic mass is 16.5. The van der Waals surface area contributed by atoms with Crippen LogP contribution in [0.2, 0.25) is 0 Å². The van der Waals surface area contributed by atoms with Crippen LogP contribution < -0.4 is 5.73 Å². The minimum absolute atomic E-state index is 0.0601. The summed E-state index contributed by atoms with van der Waals surface area (Å²) < 4.78 is 5.47. The number of ketones is 1. The number of rotatable bonds is 8. The molecular formula is C26H28N2O3. The first-order valence-electron chi connectivity index (χ1n) is 10.9. The minimum atomic E-state index is -0.358. The van der Waals surface area contributed by atoms with Crippen LogP contribution in [0.5, 0.6) is 0 Å². The van der Waals surface area contributed by atoms with Crippen LogP contribution in [0.15, 0.2) is 60.9 Å². The quantitative estimate of drug-likeness (QED) is 0.553. The number of Topliss-reactive ketones (excluding diaryl/α,β-unsaturated/α-hetero) is 1. The first kappa shape index (κ1) is 21.2. The lowest BCUT2D eigenvalue weighted by Crippen LogP contribution is -2.23. The molecular weight excluding hydrogens is 388 g/mol. The predicted molar refractivity (Wildman–Crippen MR) is 120 cm³/mol. The van der Waals surface area contributed by atoms with Gasteiger partial charge in [-0.25, -0.2) is 0 Å². The number of pyridine rings is 1. The van der Waals surface area contributed by atoms with Gasteiger partial charge in [0.05, 0.1) is 11.8 Å². The highest BCUT2D eigenvalue weighted by Gasteiger charge is 2.24. The van der Waals surface area contributed by atoms with Crippen molar-refractivity contribution in [1.82, 2.24) is 4.98 Å². The number of aromatic nitrogens is 1. The number of hydrogen-bond acceptors (Lipinski definition) is 5. The van der Waals surface area contributed by atoms with Crippen molar-refractivity contribution in [3.63, 3.8) is 0 Å². The summed E-state index contributed by atoms with van der Waals surface area (Å²) in [5.41, 5.74) is 8.74. The molecule has 1 unspecified atom stereocenters. The summed E-state index contributed by atoms with van der Waals surface area (Å²) in [7, 11) is 0. The van der Waals surface area contributed by atoms with Crippen LogP contribution in [-0.4, -0.2) is 23.3 Å². The van der Waals surface area contributed by atoms with Crippen molar-refractivity contribution in [2.24, 2.45) is 11.7 Å². The Morgan fingerprint density at radius 1 is 1.00 bits per heavy atom. The number of carbonyl (C=O) groups is 2. The Labute approximate surface area is 182 Å². The van der Waals surface area contributed by atoms with E-state index >= 15 is 0 Å². The largest absolute Gasteiger partial charge is 0.461 e. The van der Waals surface area contributed by atoms with Crippen molar-refractivity contribution in [3.8, 4) is 0 Å². The number of esters is 1. The number of hydrogen-bond donors (Lipinski definition) is 1. The zero-order valence-electron chi connectivity index (χ0n) is 17.6. The second-order valence-corrected chi connectivity index (χ2v) is 8.32. The average molecular weight is 417 g/mol. The fraction of sp³-hybridized carbons (Fsp3) is 0.346. The van der Waals surface area contributed by atoms with Crippen LogP contribution >= 0.6 is 0 Å². The Balaban J connectivity index is 1.38. The third kappa shape index (κ3) is 5.17. The van der Waals surface area contributed by atoms with Crippen LogP contribution in [0.3, 0.4) is 0 Å². The lowest BCUT2D eigenvalue weighted by atomic mass is 9.90. The highest BCUT2D eigenvalue weighted by Crippen LogP contribution is 2.26. The van der Waals surface area contributed by atoms with Gasteiger partial charge >= 0.3 is 5.97 Å². The molecule has 2 aromatic carbocycles. The van der Waals surface area contributed by atoms with Gasteiger partial charge in [0, 0.05) is 30.7 Å². The minimum Gasteiger partial charge on any atom is -0.461 e. The molecule has 0 radical (unpaired) electrons. The number of fused-ring (bicyclic) bond motifs is 1. The fourth-order valence-electron chi connectivity index (χ4n) is 4.30. The van der Waals surface area contributed by atoms with E-state index in [1.165, 1.54) is 0 Å². The number of nitrogens with zero attached hydrogens (tertiary/aromatic N) is 1. The van der Waals surface area contributed by atoms with Gasteiger partial charge in [-0.15, -0.1) is 0 Å². The molecule has 160 valence electrons. The number of nitrogens with two attached hydrogens (primary N) is 1. The van der Waals surface area contributed by atoms with Crippen molar-refractivity contribution < 1.29 is 14.3 Å². The Kier molecular flexibility index (Phi) is 6.73. The summed E-state index contributed by atoms with van der Waals surface area (Å²) >= 11 is 0. The monoisotopic (exact) mass is 416 g/mol. The zero-order chi connectivity index (χ0) is 21.6. The Morgan fingerprint density at radius 2 is 1.74 bits per heavy atom. The van der Waals surface area contributed by atoms with Crippen LogP contribution in [0.4, 0.5) is 0 Å². The Hall–Kier alpha value is -3.05. The third-order valence-electron chi connectivity index (χ3n) is 6.16. The van der Waals surface area contributed by atoms with Gasteiger partial charge in [-0.2, -0.15) is 0 Å². The fourth-order valence-corrected chi connectivity index (χ4v) is 4.30. The van der Waals surface area contributed by atoms with Crippen molar-refractivity contribution in [2.45, 2.75) is 44.6 Å². The molecule has 0 aliphatic heterocycles. The van der Waals surface area contributed by atoms with Crippen LogP contribution in [0, 0.1) is 5.92 Å². The molecule has 1 fully saturated rings. The van der Waals surface area contributed by atoms with Crippen molar-refractivity contribution >= 4 is 22.5 Å². The van der Waals surface area contributed by atoms with E-state index < -0.39 is 0 Å². The molecule has 0 bridgehead atoms. The van der Waals surface area contributed by atoms with E-state index in [1.807, 2.05) is 54.7 Å². The topological polar surface area (TPSA) is 82.3 Å². The molecule has 0 spiro atoms. The molecule has 3 aromatic rings. The SMILES string of the molecule is NCC(C(=O)Cc1ccc2cnccc2c1)c1ccc(COC(=O)C2CCCC2)cc1. The number of carbonyl (C=O) groups excluding carboxylic acids is 2. The Bertz CT molecular complexity index is 1060. The van der Waals surface area contributed by atoms with E-state index in [-0.39, 0.29) is 36.7 Å². The van der Waals surface area contributed by atoms with Gasteiger partial charge in [-0.3, -0.25) is 14.6 Å². The normalized spacial score (nSPS) is 15.1. The first-order valence-corrected chi connectivity index (χ1v) is 10.9. The molecule has 1 atom stereocenters. The summed E-state index contributed by atoms with van der Waals surface area (Å²) in [5, 5.41) is 2.12. The molecule has 1 heterocycles. The maximum atomic E-state index is 13.0. The number of benzene rings is 2. The maximum absolute atomic E-state index is 13.0. The van der Waals surface area contributed by atoms with Crippen LogP contribution in [0.25, 0.3) is 10.8 Å². The smallest absolute Gasteiger partial charge is 0.309 e. The summed E-state index contributed by atoms with van der Waals surface area (Å²) in [4.78, 5) is 29.2. The molecule has 0 amide bonds. The Morgan fingerprint density at radius 3 is 2.48 bits per heavy atom. The van der Waals surface area contributed by atoms with Gasteiger partial charge < -0.3 is 10.5 Å². The summed E-state index contributed by atoms with van der Waals surface area (Å²) in [5.74, 6) is -0.299. The zero-order valence-corrected chi connectivity index (χ0v) is 17.6. The summed E-state index contributed by atoms with van der Waals surface area (Å²) in [6.07, 6.45) is 8.00. The standard InChI is InChI=1S/C26H28N2O3/c27-15-24(25(29)14-19-7-10-23-16-28-12-11-22(23)13-19)20-8-5-18(6-9-20)17-31-26(30)21-3-1-2-4-21/h5-13,16,21,24H,1-4,14-15,17,27H2. The van der Waals surface area contributed by atoms with Gasteiger partial charge in [0.2, 0.25) is 0 Å². The van der Waals surface area contributed by atoms with Crippen molar-refractivity contribution in [1.29, 1.82) is 0 Å². The second-order valence-electron chi connectivity index (χ2n) is 8.32. The van der Waals surface area contributed by atoms with E-state index in [0.29, 0.717) is 6.42 Å². The van der Waals surface area contributed by atoms with E-state index in [9.17, 15) is 9.59 Å². The van der Waals surface area contributed by atoms with Crippen LogP contribution in [0.1, 0.15) is 48.3 Å². The summed E-state index contributed by atoms with van der Waals surface area (Å²) in [6.45, 7) is 0.523. The maximum Gasteiger partial charge on any atom is 0.309 e. The van der Waals surface area contributed by atoms with Crippen LogP contribution in [-0.2, 0) is 27.4 Å². The lowest BCUT2D eigenvalue weighted by molar-refractivity contribution is -0.149. The first-order chi connectivity index (χ1) is 15.1. The lowest BCUT2D eigenvalue weighted by Gasteiger charge is -2.15. The molecule has 1 saturated carbocycles. The van der Waals surface area contributed by atoms with Crippen molar-refractivity contribution in [3.05, 3.63) is 77.6 Å². The highest BCUT2D eigenvalue weighted by molar-refractivity contribution is 5.89. The van der Waals surface area contributed by atoms with Gasteiger partial charge in [-0.1, -0.05) is 55.3 Å². The van der Waals surface area contributed by atoms with E-state index in [4.69, 9.17) is 10.5 Å². The summed E-state index contributed by atoms with van der Waals surface area (Å²) in [6, 6.07) is 15.6. The van der Waals surface area contributed by atoms with E-state index in [1.54, 1.807) is 6.20 Å². The molecule has 0 saturated heterocycles. The van der Waals surface area contributed by atoms with Gasteiger partial charge in [0.1, 0.15) is 12.4 Å². The molecule has 1 aromatic heterocycles. The third-order valence-corrected chi connectivity index (χ3v) is 6.16. The second kappa shape index (κ2) is 9.84. The molecule has 5 heteroatoms. The van der Waals surface area contributed by atoms with Gasteiger partial charge in [0.25, 0.3) is 0 Å². The molecule has 31 heavy (non-hydrogen) atoms. The number of ether oxygens (including phenoxy) is 1. The van der Waals surface area contributed by atoms with E-state index in [0.717, 1.165) is 53.1 Å². The molecule has 4 rings (SSSR count). The molecule has 5 nitrogen and oxygen atoms in total. The molecule has 1 aliphatic rings. The molecule has 2 N–H and O–H groups in total. The van der Waals surface area contributed by atoms with E-state index in [2.05, 4.69) is 4.98 Å². The van der Waals surface area contributed by atoms with Gasteiger partial charge in [-0.05, 0) is 41.0 Å². The van der Waals surface area contributed by atoms with Gasteiger partial charge in [0.15, 0.2) is 0 Å². The predicted octanol–water partition coefficient (Wildman–Crippen LogP) is 4.32. The average Bonchev–Trinajstić information content (AvgIpc) is 3.34. The van der Waals surface area contributed by atoms with Crippen molar-refractivity contribution in [2.75, 3.05) is 6.54 Å².